The van der Waals surface area contributed by atoms with E-state index in [2.05, 4.69) is 14.9 Å². The van der Waals surface area contributed by atoms with E-state index in [1.165, 1.54) is 0 Å². The van der Waals surface area contributed by atoms with E-state index in [-0.39, 0.29) is 11.8 Å². The van der Waals surface area contributed by atoms with Gasteiger partial charge < -0.3 is 14.6 Å². The van der Waals surface area contributed by atoms with E-state index >= 15 is 0 Å². The monoisotopic (exact) mass is 285 g/mol. The SMILES string of the molecule is COc1ccc(CNC(=O)C2CCn3ccnc3C2)cc1. The van der Waals surface area contributed by atoms with Crippen molar-refractivity contribution in [1.29, 1.82) is 0 Å². The van der Waals surface area contributed by atoms with Crippen molar-refractivity contribution in [2.24, 2.45) is 5.92 Å². The summed E-state index contributed by atoms with van der Waals surface area (Å²) in [5, 5.41) is 3.01. The average molecular weight is 285 g/mol. The maximum atomic E-state index is 12.3. The Labute approximate surface area is 124 Å². The number of imidazole rings is 1. The molecule has 5 heteroatoms. The zero-order valence-electron chi connectivity index (χ0n) is 12.1. The van der Waals surface area contributed by atoms with Crippen molar-refractivity contribution in [3.05, 3.63) is 48.0 Å². The lowest BCUT2D eigenvalue weighted by atomic mass is 9.97. The third kappa shape index (κ3) is 3.07. The number of benzene rings is 1. The number of rotatable bonds is 4. The number of aromatic nitrogens is 2. The standard InChI is InChI=1S/C16H19N3O2/c1-21-14-4-2-12(3-5-14)11-18-16(20)13-6-8-19-9-7-17-15(19)10-13/h2-5,7,9,13H,6,8,10-11H2,1H3,(H,18,20). The fraction of sp³-hybridized carbons (Fsp3) is 0.375. The highest BCUT2D eigenvalue weighted by Crippen LogP contribution is 2.19. The molecule has 0 spiro atoms. The third-order valence-corrected chi connectivity index (χ3v) is 3.95. The lowest BCUT2D eigenvalue weighted by Crippen LogP contribution is -2.35. The first-order valence-corrected chi connectivity index (χ1v) is 7.17. The Morgan fingerprint density at radius 1 is 1.43 bits per heavy atom. The molecule has 0 saturated carbocycles. The first-order chi connectivity index (χ1) is 10.3. The molecular formula is C16H19N3O2. The first kappa shape index (κ1) is 13.7. The smallest absolute Gasteiger partial charge is 0.223 e. The maximum Gasteiger partial charge on any atom is 0.223 e. The molecule has 0 aliphatic carbocycles. The van der Waals surface area contributed by atoms with Crippen LogP contribution in [0.15, 0.2) is 36.7 Å². The van der Waals surface area contributed by atoms with Crippen LogP contribution < -0.4 is 10.1 Å². The quantitative estimate of drug-likeness (QED) is 0.931. The van der Waals surface area contributed by atoms with Gasteiger partial charge in [0, 0.05) is 37.8 Å². The molecule has 1 amide bonds. The Morgan fingerprint density at radius 3 is 3.00 bits per heavy atom. The molecule has 110 valence electrons. The topological polar surface area (TPSA) is 56.1 Å². The van der Waals surface area contributed by atoms with Gasteiger partial charge in [-0.2, -0.15) is 0 Å². The maximum absolute atomic E-state index is 12.3. The van der Waals surface area contributed by atoms with Gasteiger partial charge in [-0.1, -0.05) is 12.1 Å². The summed E-state index contributed by atoms with van der Waals surface area (Å²) in [5.74, 6) is 1.97. The summed E-state index contributed by atoms with van der Waals surface area (Å²) < 4.78 is 7.24. The second-order valence-corrected chi connectivity index (χ2v) is 5.29. The number of nitrogens with zero attached hydrogens (tertiary/aromatic N) is 2. The van der Waals surface area contributed by atoms with Crippen molar-refractivity contribution in [3.63, 3.8) is 0 Å². The second kappa shape index (κ2) is 5.99. The van der Waals surface area contributed by atoms with E-state index in [9.17, 15) is 4.79 Å². The molecule has 0 saturated heterocycles. The summed E-state index contributed by atoms with van der Waals surface area (Å²) in [6, 6.07) is 7.73. The van der Waals surface area contributed by atoms with Crippen LogP contribution >= 0.6 is 0 Å². The Morgan fingerprint density at radius 2 is 2.24 bits per heavy atom. The number of nitrogens with one attached hydrogen (secondary N) is 1. The molecule has 0 radical (unpaired) electrons. The van der Waals surface area contributed by atoms with Crippen LogP contribution in [0.25, 0.3) is 0 Å². The molecule has 0 fully saturated rings. The van der Waals surface area contributed by atoms with E-state index in [0.717, 1.165) is 36.5 Å². The fourth-order valence-corrected chi connectivity index (χ4v) is 2.65. The summed E-state index contributed by atoms with van der Waals surface area (Å²) in [6.45, 7) is 1.42. The van der Waals surface area contributed by atoms with E-state index in [4.69, 9.17) is 4.74 Å². The van der Waals surface area contributed by atoms with Crippen LogP contribution in [0.1, 0.15) is 17.8 Å². The molecule has 21 heavy (non-hydrogen) atoms. The highest BCUT2D eigenvalue weighted by Gasteiger charge is 2.24. The van der Waals surface area contributed by atoms with E-state index in [1.807, 2.05) is 30.5 Å². The number of carbonyl (C=O) groups excluding carboxylic acids is 1. The van der Waals surface area contributed by atoms with Gasteiger partial charge in [-0.15, -0.1) is 0 Å². The van der Waals surface area contributed by atoms with Gasteiger partial charge in [-0.25, -0.2) is 4.98 Å². The molecule has 3 rings (SSSR count). The van der Waals surface area contributed by atoms with Crippen molar-refractivity contribution in [3.8, 4) is 5.75 Å². The van der Waals surface area contributed by atoms with Gasteiger partial charge in [-0.3, -0.25) is 4.79 Å². The van der Waals surface area contributed by atoms with Crippen molar-refractivity contribution in [2.45, 2.75) is 25.9 Å². The molecule has 1 aliphatic heterocycles. The number of hydrogen-bond acceptors (Lipinski definition) is 3. The molecule has 5 nitrogen and oxygen atoms in total. The highest BCUT2D eigenvalue weighted by atomic mass is 16.5. The number of carbonyl (C=O) groups is 1. The normalized spacial score (nSPS) is 17.1. The van der Waals surface area contributed by atoms with Crippen LogP contribution in [-0.4, -0.2) is 22.6 Å². The van der Waals surface area contributed by atoms with Gasteiger partial charge in [0.05, 0.1) is 7.11 Å². The van der Waals surface area contributed by atoms with Crippen LogP contribution in [0.3, 0.4) is 0 Å². The van der Waals surface area contributed by atoms with Crippen LogP contribution in [-0.2, 0) is 24.3 Å². The Kier molecular flexibility index (Phi) is 3.90. The van der Waals surface area contributed by atoms with Gasteiger partial charge >= 0.3 is 0 Å². The van der Waals surface area contributed by atoms with Crippen molar-refractivity contribution in [1.82, 2.24) is 14.9 Å². The molecule has 1 unspecified atom stereocenters. The highest BCUT2D eigenvalue weighted by molar-refractivity contribution is 5.78. The molecule has 2 heterocycles. The fourth-order valence-electron chi connectivity index (χ4n) is 2.65. The first-order valence-electron chi connectivity index (χ1n) is 7.17. The van der Waals surface area contributed by atoms with Gasteiger partial charge in [0.2, 0.25) is 5.91 Å². The predicted molar refractivity (Wildman–Crippen MR) is 78.9 cm³/mol. The van der Waals surface area contributed by atoms with E-state index in [1.54, 1.807) is 13.3 Å². The van der Waals surface area contributed by atoms with Crippen LogP contribution in [0.4, 0.5) is 0 Å². The molecule has 0 bridgehead atoms. The molecule has 2 aromatic rings. The van der Waals surface area contributed by atoms with Gasteiger partial charge in [0.25, 0.3) is 0 Å². The zero-order chi connectivity index (χ0) is 14.7. The van der Waals surface area contributed by atoms with Crippen LogP contribution in [0.5, 0.6) is 5.75 Å². The second-order valence-electron chi connectivity index (χ2n) is 5.29. The summed E-state index contributed by atoms with van der Waals surface area (Å²) in [5.41, 5.74) is 1.07. The average Bonchev–Trinajstić information content (AvgIpc) is 3.00. The van der Waals surface area contributed by atoms with Crippen LogP contribution in [0, 0.1) is 5.92 Å². The molecule has 1 aromatic carbocycles. The number of ether oxygens (including phenoxy) is 1. The molecule has 1 aromatic heterocycles. The van der Waals surface area contributed by atoms with E-state index in [0.29, 0.717) is 6.54 Å². The van der Waals surface area contributed by atoms with Crippen LogP contribution in [0.2, 0.25) is 0 Å². The summed E-state index contributed by atoms with van der Waals surface area (Å²) >= 11 is 0. The minimum atomic E-state index is 0.0261. The van der Waals surface area contributed by atoms with Crippen molar-refractivity contribution < 1.29 is 9.53 Å². The zero-order valence-corrected chi connectivity index (χ0v) is 12.1. The molecular weight excluding hydrogens is 266 g/mol. The lowest BCUT2D eigenvalue weighted by molar-refractivity contribution is -0.125. The lowest BCUT2D eigenvalue weighted by Gasteiger charge is -2.22. The third-order valence-electron chi connectivity index (χ3n) is 3.95. The Hall–Kier alpha value is -2.30. The predicted octanol–water partition coefficient (Wildman–Crippen LogP) is 1.77. The number of amides is 1. The van der Waals surface area contributed by atoms with Gasteiger partial charge in [-0.05, 0) is 24.1 Å². The largest absolute Gasteiger partial charge is 0.497 e. The van der Waals surface area contributed by atoms with Gasteiger partial charge in [0.1, 0.15) is 11.6 Å². The summed E-state index contributed by atoms with van der Waals surface area (Å²) in [7, 11) is 1.64. The number of aryl methyl sites for hydroxylation is 1. The number of hydrogen-bond donors (Lipinski definition) is 1. The molecule has 1 atom stereocenters. The Bertz CT molecular complexity index is 619. The molecule has 1 aliphatic rings. The minimum Gasteiger partial charge on any atom is -0.497 e. The number of fused-ring (bicyclic) bond motifs is 1. The molecule has 1 N–H and O–H groups in total. The van der Waals surface area contributed by atoms with Gasteiger partial charge in [0.15, 0.2) is 0 Å². The minimum absolute atomic E-state index is 0.0261. The summed E-state index contributed by atoms with van der Waals surface area (Å²) in [6.07, 6.45) is 5.37. The Balaban J connectivity index is 1.54. The van der Waals surface area contributed by atoms with Crippen molar-refractivity contribution >= 4 is 5.91 Å². The summed E-state index contributed by atoms with van der Waals surface area (Å²) in [4.78, 5) is 16.5. The number of methoxy groups -OCH3 is 1. The van der Waals surface area contributed by atoms with Crippen molar-refractivity contribution in [2.75, 3.05) is 7.11 Å². The van der Waals surface area contributed by atoms with E-state index < -0.39 is 0 Å².